The molecule has 1 aliphatic rings. The van der Waals surface area contributed by atoms with E-state index in [1.54, 1.807) is 6.92 Å². The highest BCUT2D eigenvalue weighted by Crippen LogP contribution is 2.39. The minimum absolute atomic E-state index is 0.0492. The molecule has 2 aromatic carbocycles. The third kappa shape index (κ3) is 5.69. The van der Waals surface area contributed by atoms with E-state index in [2.05, 4.69) is 15.4 Å². The maximum atomic E-state index is 12.9. The van der Waals surface area contributed by atoms with Crippen molar-refractivity contribution >= 4 is 61.6 Å². The molecule has 0 aliphatic heterocycles. The molecule has 0 radical (unpaired) electrons. The number of amides is 3. The Hall–Kier alpha value is -3.41. The van der Waals surface area contributed by atoms with E-state index < -0.39 is 27.9 Å². The molecule has 188 valence electrons. The van der Waals surface area contributed by atoms with Crippen molar-refractivity contribution in [2.24, 2.45) is 0 Å². The summed E-state index contributed by atoms with van der Waals surface area (Å²) in [5.41, 5.74) is 1.62. The Morgan fingerprint density at radius 1 is 1.00 bits per heavy atom. The van der Waals surface area contributed by atoms with E-state index in [1.165, 1.54) is 59.9 Å². The van der Waals surface area contributed by atoms with Gasteiger partial charge in [-0.1, -0.05) is 11.6 Å². The molecule has 3 amide bonds. The number of aryl methyl sites for hydroxylation is 1. The number of nitrogens with one attached hydrogen (secondary N) is 3. The lowest BCUT2D eigenvalue weighted by atomic mass is 10.1. The second-order valence-corrected chi connectivity index (χ2v) is 11.1. The van der Waals surface area contributed by atoms with Crippen molar-refractivity contribution in [1.29, 1.82) is 0 Å². The molecule has 0 bridgehead atoms. The standard InChI is InChI=1S/C24H22ClN3O6S2/c1-2-34-24(31)27-22(30)20-18-4-3-5-19(18)35-23(20)26-21(29)14-6-10-16(11-7-14)28-36(32,33)17-12-8-15(25)9-13-17/h6-13,28H,2-5H2,1H3,(H,26,29)(H,27,30,31). The van der Waals surface area contributed by atoms with Crippen LogP contribution in [0.3, 0.4) is 0 Å². The van der Waals surface area contributed by atoms with Crippen LogP contribution in [0.1, 0.15) is 44.5 Å². The average Bonchev–Trinajstić information content (AvgIpc) is 3.40. The minimum Gasteiger partial charge on any atom is -0.450 e. The smallest absolute Gasteiger partial charge is 0.414 e. The fourth-order valence-corrected chi connectivity index (χ4v) is 6.21. The van der Waals surface area contributed by atoms with Gasteiger partial charge in [-0.3, -0.25) is 19.6 Å². The highest BCUT2D eigenvalue weighted by Gasteiger charge is 2.28. The summed E-state index contributed by atoms with van der Waals surface area (Å²) < 4.78 is 32.4. The predicted molar refractivity (Wildman–Crippen MR) is 137 cm³/mol. The molecule has 0 fully saturated rings. The molecule has 36 heavy (non-hydrogen) atoms. The number of alkyl carbamates (subject to hydrolysis) is 1. The van der Waals surface area contributed by atoms with Crippen LogP contribution in [-0.2, 0) is 27.6 Å². The van der Waals surface area contributed by atoms with E-state index in [0.29, 0.717) is 16.4 Å². The number of thiophene rings is 1. The Morgan fingerprint density at radius 3 is 2.36 bits per heavy atom. The number of hydrogen-bond donors (Lipinski definition) is 3. The molecule has 3 aromatic rings. The Bertz CT molecular complexity index is 1420. The Morgan fingerprint density at radius 2 is 1.69 bits per heavy atom. The Labute approximate surface area is 216 Å². The first-order valence-corrected chi connectivity index (χ1v) is 13.7. The Kier molecular flexibility index (Phi) is 7.62. The van der Waals surface area contributed by atoms with Gasteiger partial charge < -0.3 is 10.1 Å². The van der Waals surface area contributed by atoms with Gasteiger partial charge in [0.15, 0.2) is 0 Å². The van der Waals surface area contributed by atoms with E-state index in [0.717, 1.165) is 23.3 Å². The normalized spacial score (nSPS) is 12.5. The van der Waals surface area contributed by atoms with E-state index in [4.69, 9.17) is 16.3 Å². The predicted octanol–water partition coefficient (Wildman–Crippen LogP) is 4.83. The van der Waals surface area contributed by atoms with E-state index >= 15 is 0 Å². The van der Waals surface area contributed by atoms with Gasteiger partial charge in [-0.15, -0.1) is 11.3 Å². The van der Waals surface area contributed by atoms with Crippen molar-refractivity contribution in [3.63, 3.8) is 0 Å². The summed E-state index contributed by atoms with van der Waals surface area (Å²) >= 11 is 7.12. The summed E-state index contributed by atoms with van der Waals surface area (Å²) in [7, 11) is -3.83. The lowest BCUT2D eigenvalue weighted by Gasteiger charge is -2.10. The molecule has 1 aromatic heterocycles. The highest BCUT2D eigenvalue weighted by molar-refractivity contribution is 7.92. The van der Waals surface area contributed by atoms with Crippen molar-refractivity contribution in [3.8, 4) is 0 Å². The van der Waals surface area contributed by atoms with Crippen molar-refractivity contribution in [2.45, 2.75) is 31.1 Å². The summed E-state index contributed by atoms with van der Waals surface area (Å²) in [5.74, 6) is -1.11. The van der Waals surface area contributed by atoms with Crippen LogP contribution in [0.4, 0.5) is 15.5 Å². The van der Waals surface area contributed by atoms with Crippen LogP contribution in [0.2, 0.25) is 5.02 Å². The number of hydrogen-bond acceptors (Lipinski definition) is 7. The Balaban J connectivity index is 1.49. The zero-order chi connectivity index (χ0) is 25.9. The van der Waals surface area contributed by atoms with E-state index in [9.17, 15) is 22.8 Å². The van der Waals surface area contributed by atoms with Gasteiger partial charge in [0.1, 0.15) is 5.00 Å². The third-order valence-corrected chi connectivity index (χ3v) is 8.25. The van der Waals surface area contributed by atoms with Crippen molar-refractivity contribution in [3.05, 3.63) is 75.1 Å². The number of anilines is 2. The second-order valence-electron chi connectivity index (χ2n) is 7.83. The summed E-state index contributed by atoms with van der Waals surface area (Å²) in [4.78, 5) is 38.5. The maximum absolute atomic E-state index is 12.9. The number of halogens is 1. The number of rotatable bonds is 7. The van der Waals surface area contributed by atoms with Crippen LogP contribution in [0.25, 0.3) is 0 Å². The van der Waals surface area contributed by atoms with E-state index in [-0.39, 0.29) is 28.3 Å². The quantitative estimate of drug-likeness (QED) is 0.388. The average molecular weight is 548 g/mol. The number of fused-ring (bicyclic) bond motifs is 1. The first-order valence-electron chi connectivity index (χ1n) is 11.0. The molecule has 0 saturated heterocycles. The van der Waals surface area contributed by atoms with Crippen LogP contribution in [0.5, 0.6) is 0 Å². The van der Waals surface area contributed by atoms with Gasteiger partial charge in [0.05, 0.1) is 17.1 Å². The highest BCUT2D eigenvalue weighted by atomic mass is 35.5. The van der Waals surface area contributed by atoms with Crippen LogP contribution < -0.4 is 15.4 Å². The van der Waals surface area contributed by atoms with Gasteiger partial charge in [0.2, 0.25) is 0 Å². The molecule has 0 atom stereocenters. The first kappa shape index (κ1) is 25.7. The first-order chi connectivity index (χ1) is 17.2. The fraction of sp³-hybridized carbons (Fsp3) is 0.208. The van der Waals surface area contributed by atoms with Crippen LogP contribution in [0, 0.1) is 0 Å². The van der Waals surface area contributed by atoms with Gasteiger partial charge in [-0.25, -0.2) is 13.2 Å². The summed E-state index contributed by atoms with van der Waals surface area (Å²) in [6.45, 7) is 1.75. The van der Waals surface area contributed by atoms with Gasteiger partial charge in [-0.2, -0.15) is 0 Å². The molecule has 4 rings (SSSR count). The van der Waals surface area contributed by atoms with Crippen LogP contribution in [-0.4, -0.2) is 32.9 Å². The van der Waals surface area contributed by atoms with Gasteiger partial charge in [0.25, 0.3) is 21.8 Å². The van der Waals surface area contributed by atoms with Gasteiger partial charge >= 0.3 is 6.09 Å². The monoisotopic (exact) mass is 547 g/mol. The summed E-state index contributed by atoms with van der Waals surface area (Å²) in [5, 5.41) is 5.72. The van der Waals surface area contributed by atoms with E-state index in [1.807, 2.05) is 0 Å². The largest absolute Gasteiger partial charge is 0.450 e. The van der Waals surface area contributed by atoms with Crippen molar-refractivity contribution < 1.29 is 27.5 Å². The summed E-state index contributed by atoms with van der Waals surface area (Å²) in [6.07, 6.45) is 1.50. The van der Waals surface area contributed by atoms with Crippen LogP contribution >= 0.6 is 22.9 Å². The molecular weight excluding hydrogens is 526 g/mol. The minimum atomic E-state index is -3.83. The summed E-state index contributed by atoms with van der Waals surface area (Å²) in [6, 6.07) is 11.6. The zero-order valence-electron chi connectivity index (χ0n) is 19.1. The zero-order valence-corrected chi connectivity index (χ0v) is 21.5. The van der Waals surface area contributed by atoms with Crippen molar-refractivity contribution in [1.82, 2.24) is 5.32 Å². The van der Waals surface area contributed by atoms with Gasteiger partial charge in [-0.05, 0) is 80.3 Å². The molecule has 0 unspecified atom stereocenters. The number of carbonyl (C=O) groups is 3. The molecule has 1 aliphatic carbocycles. The third-order valence-electron chi connectivity index (χ3n) is 5.39. The maximum Gasteiger partial charge on any atom is 0.414 e. The lowest BCUT2D eigenvalue weighted by Crippen LogP contribution is -2.32. The van der Waals surface area contributed by atoms with Crippen LogP contribution in [0.15, 0.2) is 53.4 Å². The van der Waals surface area contributed by atoms with Crippen molar-refractivity contribution in [2.75, 3.05) is 16.6 Å². The number of sulfonamides is 1. The SMILES string of the molecule is CCOC(=O)NC(=O)c1c(NC(=O)c2ccc(NS(=O)(=O)c3ccc(Cl)cc3)cc2)sc2c1CCC2. The second kappa shape index (κ2) is 10.7. The molecule has 3 N–H and O–H groups in total. The number of benzene rings is 2. The molecular formula is C24H22ClN3O6S2. The number of imide groups is 1. The lowest BCUT2D eigenvalue weighted by molar-refractivity contribution is 0.0925. The molecule has 9 nitrogen and oxygen atoms in total. The fourth-order valence-electron chi connectivity index (χ4n) is 3.75. The number of ether oxygens (including phenoxy) is 1. The molecule has 1 heterocycles. The molecule has 0 saturated carbocycles. The van der Waals surface area contributed by atoms with Gasteiger partial charge in [0, 0.05) is 21.2 Å². The molecule has 12 heteroatoms. The topological polar surface area (TPSA) is 131 Å². The molecule has 0 spiro atoms. The number of carbonyl (C=O) groups excluding carboxylic acids is 3.